The molecule has 0 bridgehead atoms. The molecule has 0 fully saturated rings. The first-order valence-corrected chi connectivity index (χ1v) is 12.2. The molecular weight excluding hydrogens is 520 g/mol. The van der Waals surface area contributed by atoms with Crippen molar-refractivity contribution < 1.29 is 17.6 Å². The van der Waals surface area contributed by atoms with E-state index in [1.807, 2.05) is 0 Å². The van der Waals surface area contributed by atoms with Gasteiger partial charge in [-0.15, -0.1) is 0 Å². The summed E-state index contributed by atoms with van der Waals surface area (Å²) in [5.41, 5.74) is 3.16. The maximum atomic E-state index is 13.3. The van der Waals surface area contributed by atoms with Gasteiger partial charge in [0.1, 0.15) is 47.6 Å². The largest absolute Gasteiger partial charge is 0.365 e. The Labute approximate surface area is 226 Å². The Morgan fingerprint density at radius 3 is 1.23 bits per heavy atom. The highest BCUT2D eigenvalue weighted by Gasteiger charge is 2.06. The lowest BCUT2D eigenvalue weighted by atomic mass is 10.2. The molecule has 0 spiro atoms. The fraction of sp³-hybridized carbons (Fsp3) is 0.0667. The van der Waals surface area contributed by atoms with Gasteiger partial charge in [-0.1, -0.05) is 24.3 Å². The van der Waals surface area contributed by atoms with Crippen LogP contribution in [0.15, 0.2) is 97.6 Å². The Morgan fingerprint density at radius 2 is 0.825 bits per heavy atom. The van der Waals surface area contributed by atoms with Gasteiger partial charge in [-0.3, -0.25) is 0 Å². The summed E-state index contributed by atoms with van der Waals surface area (Å²) in [5.74, 6) is -0.112. The molecule has 0 radical (unpaired) electrons. The minimum absolute atomic E-state index is 0.275. The van der Waals surface area contributed by atoms with Crippen molar-refractivity contribution in [2.75, 3.05) is 10.6 Å². The summed E-state index contributed by atoms with van der Waals surface area (Å²) < 4.78 is 52.2. The SMILES string of the molecule is Fc1ccc(CNc2ncnc3ccc(F)cc23)cc1.Fc1ccc(CNc2ncnc3ccc(F)cc23)cc1. The standard InChI is InChI=1S/2C15H11F2N3/c2*16-11-3-1-10(2-4-11)8-18-15-13-7-12(17)5-6-14(13)19-9-20-15/h2*1-7,9H,8H2,(H,18,19,20). The highest BCUT2D eigenvalue weighted by Crippen LogP contribution is 2.22. The van der Waals surface area contributed by atoms with Gasteiger partial charge in [0.2, 0.25) is 0 Å². The van der Waals surface area contributed by atoms with E-state index >= 15 is 0 Å². The van der Waals surface area contributed by atoms with Crippen LogP contribution in [-0.2, 0) is 13.1 Å². The van der Waals surface area contributed by atoms with Crippen LogP contribution >= 0.6 is 0 Å². The van der Waals surface area contributed by atoms with Gasteiger partial charge in [0.05, 0.1) is 11.0 Å². The zero-order valence-corrected chi connectivity index (χ0v) is 21.0. The molecule has 0 aliphatic carbocycles. The van der Waals surface area contributed by atoms with E-state index in [0.29, 0.717) is 46.5 Å². The number of aromatic nitrogens is 4. The van der Waals surface area contributed by atoms with E-state index in [1.165, 1.54) is 61.2 Å². The average Bonchev–Trinajstić information content (AvgIpc) is 2.97. The molecule has 0 saturated heterocycles. The van der Waals surface area contributed by atoms with Crippen LogP contribution in [0.5, 0.6) is 0 Å². The zero-order chi connectivity index (χ0) is 27.9. The minimum Gasteiger partial charge on any atom is -0.365 e. The number of nitrogens with zero attached hydrogens (tertiary/aromatic N) is 4. The Kier molecular flexibility index (Phi) is 8.05. The van der Waals surface area contributed by atoms with Gasteiger partial charge < -0.3 is 10.6 Å². The summed E-state index contributed by atoms with van der Waals surface area (Å²) in [4.78, 5) is 16.4. The summed E-state index contributed by atoms with van der Waals surface area (Å²) in [6.45, 7) is 0.950. The van der Waals surface area contributed by atoms with Gasteiger partial charge in [-0.25, -0.2) is 37.5 Å². The number of anilines is 2. The van der Waals surface area contributed by atoms with Crippen LogP contribution in [0.3, 0.4) is 0 Å². The summed E-state index contributed by atoms with van der Waals surface area (Å²) in [6, 6.07) is 21.1. The van der Waals surface area contributed by atoms with Gasteiger partial charge in [0.25, 0.3) is 0 Å². The van der Waals surface area contributed by atoms with Gasteiger partial charge in [0, 0.05) is 23.9 Å². The predicted octanol–water partition coefficient (Wildman–Crippen LogP) is 7.04. The molecule has 200 valence electrons. The smallest absolute Gasteiger partial charge is 0.137 e. The lowest BCUT2D eigenvalue weighted by molar-refractivity contribution is 0.626. The van der Waals surface area contributed by atoms with Crippen molar-refractivity contribution in [1.29, 1.82) is 0 Å². The van der Waals surface area contributed by atoms with E-state index in [9.17, 15) is 17.6 Å². The molecule has 6 aromatic rings. The van der Waals surface area contributed by atoms with E-state index < -0.39 is 0 Å². The van der Waals surface area contributed by atoms with Crippen molar-refractivity contribution in [2.24, 2.45) is 0 Å². The average molecular weight is 543 g/mol. The normalized spacial score (nSPS) is 10.7. The third-order valence-corrected chi connectivity index (χ3v) is 5.94. The molecule has 6 nitrogen and oxygen atoms in total. The maximum Gasteiger partial charge on any atom is 0.137 e. The maximum absolute atomic E-state index is 13.3. The Bertz CT molecular complexity index is 1610. The molecule has 0 amide bonds. The number of halogens is 4. The van der Waals surface area contributed by atoms with Crippen LogP contribution < -0.4 is 10.6 Å². The second-order valence-electron chi connectivity index (χ2n) is 8.73. The predicted molar refractivity (Wildman–Crippen MR) is 146 cm³/mol. The highest BCUT2D eigenvalue weighted by atomic mass is 19.1. The molecule has 0 atom stereocenters. The first-order chi connectivity index (χ1) is 19.4. The molecule has 0 aliphatic heterocycles. The summed E-state index contributed by atoms with van der Waals surface area (Å²) in [5, 5.41) is 7.46. The first-order valence-electron chi connectivity index (χ1n) is 12.2. The van der Waals surface area contributed by atoms with Gasteiger partial charge in [-0.05, 0) is 71.8 Å². The quantitative estimate of drug-likeness (QED) is 0.220. The molecule has 2 heterocycles. The Balaban J connectivity index is 0.000000161. The molecule has 0 aliphatic rings. The molecular formula is C30H22F4N6. The van der Waals surface area contributed by atoms with Gasteiger partial charge in [-0.2, -0.15) is 0 Å². The van der Waals surface area contributed by atoms with E-state index in [0.717, 1.165) is 11.1 Å². The van der Waals surface area contributed by atoms with Crippen molar-refractivity contribution in [3.05, 3.63) is 132 Å². The third kappa shape index (κ3) is 6.65. The van der Waals surface area contributed by atoms with Gasteiger partial charge in [0.15, 0.2) is 0 Å². The number of hydrogen-bond acceptors (Lipinski definition) is 6. The van der Waals surface area contributed by atoms with Crippen molar-refractivity contribution >= 4 is 33.4 Å². The van der Waals surface area contributed by atoms with E-state index in [4.69, 9.17) is 0 Å². The fourth-order valence-corrected chi connectivity index (χ4v) is 3.92. The molecule has 6 rings (SSSR count). The lowest BCUT2D eigenvalue weighted by Gasteiger charge is -2.08. The summed E-state index contributed by atoms with van der Waals surface area (Å²) >= 11 is 0. The number of hydrogen-bond donors (Lipinski definition) is 2. The number of benzene rings is 4. The molecule has 10 heteroatoms. The summed E-state index contributed by atoms with van der Waals surface area (Å²) in [6.07, 6.45) is 2.85. The van der Waals surface area contributed by atoms with E-state index in [-0.39, 0.29) is 23.3 Å². The van der Waals surface area contributed by atoms with Crippen molar-refractivity contribution in [1.82, 2.24) is 19.9 Å². The van der Waals surface area contributed by atoms with Crippen molar-refractivity contribution in [3.8, 4) is 0 Å². The van der Waals surface area contributed by atoms with Crippen LogP contribution in [0.25, 0.3) is 21.8 Å². The number of nitrogens with one attached hydrogen (secondary N) is 2. The van der Waals surface area contributed by atoms with Gasteiger partial charge >= 0.3 is 0 Å². The van der Waals surface area contributed by atoms with Crippen LogP contribution in [0.4, 0.5) is 29.2 Å². The molecule has 2 N–H and O–H groups in total. The van der Waals surface area contributed by atoms with Crippen LogP contribution in [0, 0.1) is 23.3 Å². The molecule has 4 aromatic carbocycles. The molecule has 0 saturated carbocycles. The Morgan fingerprint density at radius 1 is 0.450 bits per heavy atom. The van der Waals surface area contributed by atoms with Crippen LogP contribution in [0.2, 0.25) is 0 Å². The number of fused-ring (bicyclic) bond motifs is 2. The third-order valence-electron chi connectivity index (χ3n) is 5.94. The molecule has 0 unspecified atom stereocenters. The monoisotopic (exact) mass is 542 g/mol. The number of rotatable bonds is 6. The van der Waals surface area contributed by atoms with Crippen LogP contribution in [0.1, 0.15) is 11.1 Å². The molecule has 40 heavy (non-hydrogen) atoms. The topological polar surface area (TPSA) is 75.6 Å². The van der Waals surface area contributed by atoms with Crippen molar-refractivity contribution in [2.45, 2.75) is 13.1 Å². The van der Waals surface area contributed by atoms with Crippen molar-refractivity contribution in [3.63, 3.8) is 0 Å². The minimum atomic E-state index is -0.336. The highest BCUT2D eigenvalue weighted by molar-refractivity contribution is 5.89. The van der Waals surface area contributed by atoms with E-state index in [1.54, 1.807) is 36.4 Å². The lowest BCUT2D eigenvalue weighted by Crippen LogP contribution is -2.02. The summed E-state index contributed by atoms with van der Waals surface area (Å²) in [7, 11) is 0. The van der Waals surface area contributed by atoms with E-state index in [2.05, 4.69) is 30.6 Å². The fourth-order valence-electron chi connectivity index (χ4n) is 3.92. The Hall–Kier alpha value is -5.12. The molecule has 2 aromatic heterocycles. The van der Waals surface area contributed by atoms with Crippen LogP contribution in [-0.4, -0.2) is 19.9 Å². The zero-order valence-electron chi connectivity index (χ0n) is 21.0. The second-order valence-corrected chi connectivity index (χ2v) is 8.73. The second kappa shape index (κ2) is 12.2. The first kappa shape index (κ1) is 26.5.